The first kappa shape index (κ1) is 41.3. The molecular weight excluding hydrogens is 452 g/mol. The van der Waals surface area contributed by atoms with Crippen LogP contribution >= 0.6 is 0 Å². The Bertz CT molecular complexity index is 418. The van der Waals surface area contributed by atoms with E-state index in [9.17, 15) is 0 Å². The zero-order chi connectivity index (χ0) is 29.3. The van der Waals surface area contributed by atoms with E-state index in [2.05, 4.69) is 104 Å². The highest BCUT2D eigenvalue weighted by Gasteiger charge is 2.14. The van der Waals surface area contributed by atoms with Crippen LogP contribution in [0.3, 0.4) is 0 Å². The van der Waals surface area contributed by atoms with Gasteiger partial charge in [0.2, 0.25) is 0 Å². The molecule has 2 N–H and O–H groups in total. The number of hydrogen-bond donors (Lipinski definition) is 2. The van der Waals surface area contributed by atoms with Crippen LogP contribution in [0.2, 0.25) is 0 Å². The van der Waals surface area contributed by atoms with E-state index in [0.717, 1.165) is 30.2 Å². The average Bonchev–Trinajstić information content (AvgIpc) is 2.75. The zero-order valence-electron chi connectivity index (χ0n) is 28.6. The second-order valence-corrected chi connectivity index (χ2v) is 13.8. The SMILES string of the molecule is CC(C)CCCN(C)C.CC(C)CCCN1CCC1.CNC(C)(C)CCC(C)C.CNCCCC(C)C. The van der Waals surface area contributed by atoms with E-state index in [1.54, 1.807) is 0 Å². The van der Waals surface area contributed by atoms with Crippen LogP contribution < -0.4 is 10.6 Å². The lowest BCUT2D eigenvalue weighted by Gasteiger charge is -2.30. The minimum atomic E-state index is 0.324. The summed E-state index contributed by atoms with van der Waals surface area (Å²) in [6, 6.07) is 0. The third-order valence-corrected chi connectivity index (χ3v) is 6.82. The number of nitrogens with zero attached hydrogens (tertiary/aromatic N) is 2. The van der Waals surface area contributed by atoms with Gasteiger partial charge in [0.1, 0.15) is 0 Å². The molecule has 0 aromatic rings. The molecule has 0 spiro atoms. The second-order valence-electron chi connectivity index (χ2n) is 13.8. The molecule has 0 aromatic carbocycles. The number of hydrogen-bond acceptors (Lipinski definition) is 4. The van der Waals surface area contributed by atoms with E-state index >= 15 is 0 Å². The Morgan fingerprint density at radius 2 is 1.16 bits per heavy atom. The van der Waals surface area contributed by atoms with Crippen LogP contribution in [0, 0.1) is 23.7 Å². The molecule has 1 aliphatic rings. The summed E-state index contributed by atoms with van der Waals surface area (Å²) >= 11 is 0. The molecule has 1 saturated heterocycles. The predicted molar refractivity (Wildman–Crippen MR) is 173 cm³/mol. The highest BCUT2D eigenvalue weighted by molar-refractivity contribution is 4.75. The lowest BCUT2D eigenvalue weighted by Crippen LogP contribution is -2.37. The molecule has 0 atom stereocenters. The van der Waals surface area contributed by atoms with Crippen molar-refractivity contribution in [1.29, 1.82) is 0 Å². The van der Waals surface area contributed by atoms with Crippen molar-refractivity contribution in [2.24, 2.45) is 23.7 Å². The maximum Gasteiger partial charge on any atom is 0.0122 e. The third kappa shape index (κ3) is 40.5. The topological polar surface area (TPSA) is 30.5 Å². The number of likely N-dealkylation sites (tertiary alicyclic amines) is 1. The summed E-state index contributed by atoms with van der Waals surface area (Å²) < 4.78 is 0. The Hall–Kier alpha value is -0.160. The fourth-order valence-electron chi connectivity index (χ4n) is 3.61. The van der Waals surface area contributed by atoms with Crippen LogP contribution in [0.5, 0.6) is 0 Å². The smallest absolute Gasteiger partial charge is 0.0122 e. The van der Waals surface area contributed by atoms with E-state index in [-0.39, 0.29) is 0 Å². The largest absolute Gasteiger partial charge is 0.320 e. The standard InChI is InChI=1S/C9H19N.C9H21N.C8H19N.C7H17N/c1-9(2)5-3-6-10-7-4-8-10;1-8(2)6-7-9(3,4)10-5;1-8(2)6-5-7-9(3)4;1-7(2)5-4-6-8-3/h9H,3-8H2,1-2H3;8,10H,6-7H2,1-5H3;8H,5-7H2,1-4H3;7-8H,4-6H2,1-3H3. The molecule has 0 aliphatic carbocycles. The second kappa shape index (κ2) is 27.4. The maximum atomic E-state index is 3.30. The van der Waals surface area contributed by atoms with Gasteiger partial charge in [0.25, 0.3) is 0 Å². The molecular formula is C33H76N4. The molecule has 1 aliphatic heterocycles. The van der Waals surface area contributed by atoms with Gasteiger partial charge in [-0.2, -0.15) is 0 Å². The molecule has 0 unspecified atom stereocenters. The lowest BCUT2D eigenvalue weighted by molar-refractivity contribution is 0.176. The van der Waals surface area contributed by atoms with Crippen molar-refractivity contribution < 1.29 is 0 Å². The van der Waals surface area contributed by atoms with Crippen LogP contribution in [0.4, 0.5) is 0 Å². The normalized spacial score (nSPS) is 13.7. The van der Waals surface area contributed by atoms with Crippen LogP contribution in [0.15, 0.2) is 0 Å². The summed E-state index contributed by atoms with van der Waals surface area (Å²) in [6.45, 7) is 29.2. The van der Waals surface area contributed by atoms with E-state index in [1.807, 2.05) is 14.1 Å². The molecule has 0 aromatic heterocycles. The van der Waals surface area contributed by atoms with Gasteiger partial charge in [-0.25, -0.2) is 0 Å². The van der Waals surface area contributed by atoms with Crippen LogP contribution in [-0.4, -0.2) is 76.3 Å². The monoisotopic (exact) mass is 529 g/mol. The summed E-state index contributed by atoms with van der Waals surface area (Å²) in [7, 11) is 8.28. The van der Waals surface area contributed by atoms with Crippen LogP contribution in [0.25, 0.3) is 0 Å². The van der Waals surface area contributed by atoms with Crippen molar-refractivity contribution in [3.8, 4) is 0 Å². The third-order valence-electron chi connectivity index (χ3n) is 6.82. The van der Waals surface area contributed by atoms with Crippen molar-refractivity contribution in [2.75, 3.05) is 60.9 Å². The molecule has 1 heterocycles. The maximum absolute atomic E-state index is 3.30. The highest BCUT2D eigenvalue weighted by Crippen LogP contribution is 2.14. The van der Waals surface area contributed by atoms with E-state index < -0.39 is 0 Å². The van der Waals surface area contributed by atoms with Crippen molar-refractivity contribution in [3.63, 3.8) is 0 Å². The first-order chi connectivity index (χ1) is 17.2. The summed E-state index contributed by atoms with van der Waals surface area (Å²) in [5.74, 6) is 3.45. The Morgan fingerprint density at radius 1 is 0.703 bits per heavy atom. The summed E-state index contributed by atoms with van der Waals surface area (Å²) in [4.78, 5) is 4.78. The molecule has 4 heteroatoms. The first-order valence-corrected chi connectivity index (χ1v) is 15.9. The van der Waals surface area contributed by atoms with E-state index in [0.29, 0.717) is 5.54 Å². The van der Waals surface area contributed by atoms with Crippen molar-refractivity contribution in [2.45, 2.75) is 133 Å². The fraction of sp³-hybridized carbons (Fsp3) is 1.00. The molecule has 1 rings (SSSR count). The minimum Gasteiger partial charge on any atom is -0.320 e. The average molecular weight is 529 g/mol. The van der Waals surface area contributed by atoms with Gasteiger partial charge < -0.3 is 20.4 Å². The molecule has 0 saturated carbocycles. The summed E-state index contributed by atoms with van der Waals surface area (Å²) in [6.07, 6.45) is 12.2. The van der Waals surface area contributed by atoms with Gasteiger partial charge in [-0.05, 0) is 156 Å². The Kier molecular flexibility index (Phi) is 30.6. The molecule has 37 heavy (non-hydrogen) atoms. The lowest BCUT2D eigenvalue weighted by atomic mass is 9.94. The summed E-state index contributed by atoms with van der Waals surface area (Å²) in [5.41, 5.74) is 0.324. The quantitative estimate of drug-likeness (QED) is 0.198. The van der Waals surface area contributed by atoms with Gasteiger partial charge in [0.15, 0.2) is 0 Å². The van der Waals surface area contributed by atoms with Gasteiger partial charge in [0, 0.05) is 5.54 Å². The number of nitrogens with one attached hydrogen (secondary N) is 2. The molecule has 0 amide bonds. The van der Waals surface area contributed by atoms with Gasteiger partial charge in [-0.1, -0.05) is 55.4 Å². The highest BCUT2D eigenvalue weighted by atomic mass is 15.2. The first-order valence-electron chi connectivity index (χ1n) is 15.9. The van der Waals surface area contributed by atoms with E-state index in [1.165, 1.54) is 84.0 Å². The fourth-order valence-corrected chi connectivity index (χ4v) is 3.61. The Balaban J connectivity index is -0.000000418. The van der Waals surface area contributed by atoms with Gasteiger partial charge in [-0.3, -0.25) is 0 Å². The Morgan fingerprint density at radius 3 is 1.51 bits per heavy atom. The summed E-state index contributed by atoms with van der Waals surface area (Å²) in [5, 5.41) is 6.42. The van der Waals surface area contributed by atoms with Gasteiger partial charge in [0.05, 0.1) is 0 Å². The van der Waals surface area contributed by atoms with Crippen molar-refractivity contribution in [3.05, 3.63) is 0 Å². The molecule has 228 valence electrons. The zero-order valence-corrected chi connectivity index (χ0v) is 28.6. The predicted octanol–water partition coefficient (Wildman–Crippen LogP) is 8.18. The number of rotatable bonds is 16. The van der Waals surface area contributed by atoms with Crippen molar-refractivity contribution >= 4 is 0 Å². The minimum absolute atomic E-state index is 0.324. The van der Waals surface area contributed by atoms with Gasteiger partial charge >= 0.3 is 0 Å². The molecule has 4 nitrogen and oxygen atoms in total. The molecule has 1 fully saturated rings. The van der Waals surface area contributed by atoms with Crippen molar-refractivity contribution in [1.82, 2.24) is 20.4 Å². The van der Waals surface area contributed by atoms with E-state index in [4.69, 9.17) is 0 Å². The van der Waals surface area contributed by atoms with Gasteiger partial charge in [-0.15, -0.1) is 0 Å². The Labute approximate surface area is 237 Å². The molecule has 0 radical (unpaired) electrons. The van der Waals surface area contributed by atoms with Crippen LogP contribution in [-0.2, 0) is 0 Å². The van der Waals surface area contributed by atoms with Crippen LogP contribution in [0.1, 0.15) is 127 Å². The molecule has 0 bridgehead atoms.